The molecule has 5 nitrogen and oxygen atoms in total. The lowest BCUT2D eigenvalue weighted by Gasteiger charge is -2.34. The summed E-state index contributed by atoms with van der Waals surface area (Å²) in [5, 5.41) is 0. The van der Waals surface area contributed by atoms with Crippen LogP contribution in [-0.4, -0.2) is 48.4 Å². The summed E-state index contributed by atoms with van der Waals surface area (Å²) < 4.78 is 0. The van der Waals surface area contributed by atoms with Crippen LogP contribution >= 0.6 is 0 Å². The number of primary amides is 1. The molecule has 1 saturated heterocycles. The SMILES string of the molecule is NC(=O)CN1CCN(Cc2ccccc2N)CC1. The zero-order valence-electron chi connectivity index (χ0n) is 10.5. The van der Waals surface area contributed by atoms with E-state index in [1.54, 1.807) is 0 Å². The largest absolute Gasteiger partial charge is 0.398 e. The number of para-hydroxylation sites is 1. The van der Waals surface area contributed by atoms with Gasteiger partial charge in [-0.05, 0) is 11.6 Å². The number of carbonyl (C=O) groups excluding carboxylic acids is 1. The Bertz CT molecular complexity index is 413. The van der Waals surface area contributed by atoms with E-state index in [0.29, 0.717) is 6.54 Å². The number of piperazine rings is 1. The van der Waals surface area contributed by atoms with Crippen molar-refractivity contribution >= 4 is 11.6 Å². The van der Waals surface area contributed by atoms with E-state index in [9.17, 15) is 4.79 Å². The van der Waals surface area contributed by atoms with Crippen LogP contribution in [0.25, 0.3) is 0 Å². The Morgan fingerprint density at radius 2 is 1.72 bits per heavy atom. The molecule has 1 amide bonds. The highest BCUT2D eigenvalue weighted by Gasteiger charge is 2.18. The maximum absolute atomic E-state index is 10.8. The van der Waals surface area contributed by atoms with Gasteiger partial charge in [0.15, 0.2) is 0 Å². The molecule has 0 aliphatic carbocycles. The van der Waals surface area contributed by atoms with Crippen molar-refractivity contribution in [3.8, 4) is 0 Å². The topological polar surface area (TPSA) is 75.6 Å². The maximum atomic E-state index is 10.8. The molecule has 2 rings (SSSR count). The molecule has 0 aromatic heterocycles. The van der Waals surface area contributed by atoms with E-state index >= 15 is 0 Å². The molecule has 0 unspecified atom stereocenters. The minimum Gasteiger partial charge on any atom is -0.398 e. The molecular formula is C13H20N4O. The summed E-state index contributed by atoms with van der Waals surface area (Å²) >= 11 is 0. The summed E-state index contributed by atoms with van der Waals surface area (Å²) in [6.45, 7) is 4.90. The van der Waals surface area contributed by atoms with Gasteiger partial charge in [-0.15, -0.1) is 0 Å². The third-order valence-corrected chi connectivity index (χ3v) is 3.29. The molecule has 0 radical (unpaired) electrons. The summed E-state index contributed by atoms with van der Waals surface area (Å²) in [6.07, 6.45) is 0. The number of carbonyl (C=O) groups is 1. The summed E-state index contributed by atoms with van der Waals surface area (Å²) in [7, 11) is 0. The van der Waals surface area contributed by atoms with Crippen molar-refractivity contribution in [2.24, 2.45) is 5.73 Å². The van der Waals surface area contributed by atoms with Crippen LogP contribution in [0.3, 0.4) is 0 Å². The van der Waals surface area contributed by atoms with Gasteiger partial charge < -0.3 is 11.5 Å². The van der Waals surface area contributed by atoms with Gasteiger partial charge in [0.05, 0.1) is 6.54 Å². The highest BCUT2D eigenvalue weighted by atomic mass is 16.1. The van der Waals surface area contributed by atoms with Gasteiger partial charge in [0.2, 0.25) is 5.91 Å². The fraction of sp³-hybridized carbons (Fsp3) is 0.462. The van der Waals surface area contributed by atoms with Gasteiger partial charge in [-0.1, -0.05) is 18.2 Å². The highest BCUT2D eigenvalue weighted by molar-refractivity contribution is 5.75. The quantitative estimate of drug-likeness (QED) is 0.728. The third-order valence-electron chi connectivity index (χ3n) is 3.29. The molecule has 5 heteroatoms. The minimum atomic E-state index is -0.254. The van der Waals surface area contributed by atoms with Crippen LogP contribution < -0.4 is 11.5 Å². The van der Waals surface area contributed by atoms with Crippen LogP contribution in [-0.2, 0) is 11.3 Å². The molecule has 98 valence electrons. The molecule has 4 N–H and O–H groups in total. The van der Waals surface area contributed by atoms with Crippen molar-refractivity contribution in [2.75, 3.05) is 38.5 Å². The van der Waals surface area contributed by atoms with Crippen LogP contribution in [0.1, 0.15) is 5.56 Å². The second-order valence-electron chi connectivity index (χ2n) is 4.72. The van der Waals surface area contributed by atoms with Crippen molar-refractivity contribution < 1.29 is 4.79 Å². The average Bonchev–Trinajstić information content (AvgIpc) is 2.34. The van der Waals surface area contributed by atoms with Gasteiger partial charge >= 0.3 is 0 Å². The Labute approximate surface area is 107 Å². The minimum absolute atomic E-state index is 0.254. The van der Waals surface area contributed by atoms with Gasteiger partial charge in [0.25, 0.3) is 0 Å². The first kappa shape index (κ1) is 12.9. The number of rotatable bonds is 4. The van der Waals surface area contributed by atoms with Crippen molar-refractivity contribution in [3.05, 3.63) is 29.8 Å². The van der Waals surface area contributed by atoms with Gasteiger partial charge in [-0.3, -0.25) is 14.6 Å². The number of nitrogens with zero attached hydrogens (tertiary/aromatic N) is 2. The first-order valence-corrected chi connectivity index (χ1v) is 6.21. The van der Waals surface area contributed by atoms with Crippen molar-refractivity contribution in [1.82, 2.24) is 9.80 Å². The number of nitrogen functional groups attached to an aromatic ring is 1. The Hall–Kier alpha value is -1.59. The lowest BCUT2D eigenvalue weighted by Crippen LogP contribution is -2.48. The summed E-state index contributed by atoms with van der Waals surface area (Å²) in [5.41, 5.74) is 13.1. The van der Waals surface area contributed by atoms with Gasteiger partial charge in [-0.2, -0.15) is 0 Å². The second-order valence-corrected chi connectivity index (χ2v) is 4.72. The molecule has 1 aliphatic rings. The number of hydrogen-bond donors (Lipinski definition) is 2. The highest BCUT2D eigenvalue weighted by Crippen LogP contribution is 2.14. The van der Waals surface area contributed by atoms with Crippen LogP contribution in [0.4, 0.5) is 5.69 Å². The van der Waals surface area contributed by atoms with Crippen LogP contribution in [0.15, 0.2) is 24.3 Å². The van der Waals surface area contributed by atoms with E-state index in [2.05, 4.69) is 15.9 Å². The van der Waals surface area contributed by atoms with Crippen LogP contribution in [0, 0.1) is 0 Å². The third kappa shape index (κ3) is 3.45. The van der Waals surface area contributed by atoms with Gasteiger partial charge in [0, 0.05) is 38.4 Å². The molecule has 0 spiro atoms. The summed E-state index contributed by atoms with van der Waals surface area (Å²) in [4.78, 5) is 15.3. The molecular weight excluding hydrogens is 228 g/mol. The predicted octanol–water partition coefficient (Wildman–Crippen LogP) is -0.128. The number of amides is 1. The van der Waals surface area contributed by atoms with E-state index in [4.69, 9.17) is 11.5 Å². The van der Waals surface area contributed by atoms with Gasteiger partial charge in [-0.25, -0.2) is 0 Å². The van der Waals surface area contributed by atoms with Crippen molar-refractivity contribution in [1.29, 1.82) is 0 Å². The Kier molecular flexibility index (Phi) is 4.17. The first-order valence-electron chi connectivity index (χ1n) is 6.21. The lowest BCUT2D eigenvalue weighted by atomic mass is 10.1. The smallest absolute Gasteiger partial charge is 0.231 e. The second kappa shape index (κ2) is 5.84. The number of hydrogen-bond acceptors (Lipinski definition) is 4. The van der Waals surface area contributed by atoms with Gasteiger partial charge in [0.1, 0.15) is 0 Å². The Morgan fingerprint density at radius 1 is 1.11 bits per heavy atom. The Morgan fingerprint density at radius 3 is 2.33 bits per heavy atom. The molecule has 1 aromatic rings. The van der Waals surface area contributed by atoms with E-state index in [1.165, 1.54) is 5.56 Å². The van der Waals surface area contributed by atoms with E-state index in [-0.39, 0.29) is 5.91 Å². The lowest BCUT2D eigenvalue weighted by molar-refractivity contribution is -0.119. The van der Waals surface area contributed by atoms with Crippen LogP contribution in [0.5, 0.6) is 0 Å². The molecule has 0 bridgehead atoms. The van der Waals surface area contributed by atoms with E-state index < -0.39 is 0 Å². The zero-order chi connectivity index (χ0) is 13.0. The first-order chi connectivity index (χ1) is 8.65. The monoisotopic (exact) mass is 248 g/mol. The molecule has 0 saturated carbocycles. The molecule has 18 heavy (non-hydrogen) atoms. The number of benzene rings is 1. The Balaban J connectivity index is 1.84. The number of anilines is 1. The van der Waals surface area contributed by atoms with Crippen molar-refractivity contribution in [2.45, 2.75) is 6.54 Å². The fourth-order valence-corrected chi connectivity index (χ4v) is 2.24. The zero-order valence-corrected chi connectivity index (χ0v) is 10.5. The summed E-state index contributed by atoms with van der Waals surface area (Å²) in [5.74, 6) is -0.254. The fourth-order valence-electron chi connectivity index (χ4n) is 2.24. The molecule has 1 aliphatic heterocycles. The molecule has 1 aromatic carbocycles. The summed E-state index contributed by atoms with van der Waals surface area (Å²) in [6, 6.07) is 7.95. The normalized spacial score (nSPS) is 17.8. The predicted molar refractivity (Wildman–Crippen MR) is 71.8 cm³/mol. The van der Waals surface area contributed by atoms with Crippen LogP contribution in [0.2, 0.25) is 0 Å². The van der Waals surface area contributed by atoms with Crippen molar-refractivity contribution in [3.63, 3.8) is 0 Å². The average molecular weight is 248 g/mol. The standard InChI is InChI=1S/C13H20N4O/c14-12-4-2-1-3-11(12)9-16-5-7-17(8-6-16)10-13(15)18/h1-4H,5-10,14H2,(H2,15,18). The molecule has 0 atom stereocenters. The molecule has 1 fully saturated rings. The molecule has 1 heterocycles. The van der Waals surface area contributed by atoms with E-state index in [1.807, 2.05) is 18.2 Å². The van der Waals surface area contributed by atoms with E-state index in [0.717, 1.165) is 38.4 Å². The maximum Gasteiger partial charge on any atom is 0.231 e. The number of nitrogens with two attached hydrogens (primary N) is 2.